The van der Waals surface area contributed by atoms with Gasteiger partial charge in [0.2, 0.25) is 5.91 Å². The van der Waals surface area contributed by atoms with E-state index in [1.807, 2.05) is 26.0 Å². The lowest BCUT2D eigenvalue weighted by atomic mass is 9.96. The Morgan fingerprint density at radius 1 is 1.39 bits per heavy atom. The fourth-order valence-corrected chi connectivity index (χ4v) is 3.49. The van der Waals surface area contributed by atoms with Crippen LogP contribution in [0.5, 0.6) is 0 Å². The first-order valence-electron chi connectivity index (χ1n) is 8.87. The van der Waals surface area contributed by atoms with Crippen LogP contribution in [0, 0.1) is 6.92 Å². The molecule has 1 aliphatic rings. The topological polar surface area (TPSA) is 52.6 Å². The van der Waals surface area contributed by atoms with E-state index < -0.39 is 0 Å². The van der Waals surface area contributed by atoms with Gasteiger partial charge >= 0.3 is 0 Å². The van der Waals surface area contributed by atoms with E-state index in [4.69, 9.17) is 0 Å². The molecule has 0 spiro atoms. The van der Waals surface area contributed by atoms with Crippen LogP contribution < -0.4 is 5.32 Å². The summed E-state index contributed by atoms with van der Waals surface area (Å²) in [5.74, 6) is 0.0178. The van der Waals surface area contributed by atoms with Crippen LogP contribution in [0.4, 0.5) is 5.69 Å². The molecular weight excluding hydrogens is 288 g/mol. The standard InChI is InChI=1S/C19H30N2O2/c1-4-15-10-8-9-14(3)19(15)20-18(23)13-21-12-7-6-11-16(21)17(22)5-2/h8-10,16-17,22H,4-7,11-13H2,1-3H3,(H,20,23). The van der Waals surface area contributed by atoms with Crippen LogP contribution in [-0.4, -0.2) is 41.1 Å². The van der Waals surface area contributed by atoms with Crippen molar-refractivity contribution in [2.75, 3.05) is 18.4 Å². The van der Waals surface area contributed by atoms with Crippen LogP contribution in [0.2, 0.25) is 0 Å². The molecule has 2 rings (SSSR count). The van der Waals surface area contributed by atoms with Crippen LogP contribution in [0.25, 0.3) is 0 Å². The molecule has 1 saturated heterocycles. The second-order valence-corrected chi connectivity index (χ2v) is 6.52. The third-order valence-electron chi connectivity index (χ3n) is 4.88. The first-order valence-corrected chi connectivity index (χ1v) is 8.87. The van der Waals surface area contributed by atoms with Gasteiger partial charge in [-0.05, 0) is 50.3 Å². The third kappa shape index (κ3) is 4.55. The summed E-state index contributed by atoms with van der Waals surface area (Å²) in [4.78, 5) is 14.7. The van der Waals surface area contributed by atoms with Crippen LogP contribution in [0.1, 0.15) is 50.7 Å². The van der Waals surface area contributed by atoms with E-state index in [1.165, 1.54) is 5.56 Å². The lowest BCUT2D eigenvalue weighted by Crippen LogP contribution is -2.49. The van der Waals surface area contributed by atoms with Crippen molar-refractivity contribution in [2.24, 2.45) is 0 Å². The van der Waals surface area contributed by atoms with Gasteiger partial charge < -0.3 is 10.4 Å². The zero-order chi connectivity index (χ0) is 16.8. The highest BCUT2D eigenvalue weighted by Crippen LogP contribution is 2.23. The number of aliphatic hydroxyl groups is 1. The molecule has 23 heavy (non-hydrogen) atoms. The summed E-state index contributed by atoms with van der Waals surface area (Å²) in [6, 6.07) is 6.23. The van der Waals surface area contributed by atoms with Crippen LogP contribution in [0.3, 0.4) is 0 Å². The number of rotatable bonds is 6. The van der Waals surface area contributed by atoms with Crippen molar-refractivity contribution >= 4 is 11.6 Å². The summed E-state index contributed by atoms with van der Waals surface area (Å²) >= 11 is 0. The molecule has 1 aromatic rings. The summed E-state index contributed by atoms with van der Waals surface area (Å²) in [6.45, 7) is 7.38. The summed E-state index contributed by atoms with van der Waals surface area (Å²) in [5.41, 5.74) is 3.22. The molecule has 1 fully saturated rings. The molecule has 0 aromatic heterocycles. The third-order valence-corrected chi connectivity index (χ3v) is 4.88. The molecule has 0 saturated carbocycles. The molecule has 0 aliphatic carbocycles. The number of amides is 1. The lowest BCUT2D eigenvalue weighted by molar-refractivity contribution is -0.119. The minimum absolute atomic E-state index is 0.0178. The molecule has 0 bridgehead atoms. The second kappa shape index (κ2) is 8.46. The van der Waals surface area contributed by atoms with Gasteiger partial charge in [0.15, 0.2) is 0 Å². The first-order chi connectivity index (χ1) is 11.1. The number of piperidine rings is 1. The van der Waals surface area contributed by atoms with Gasteiger partial charge in [-0.1, -0.05) is 38.5 Å². The second-order valence-electron chi connectivity index (χ2n) is 6.52. The molecule has 1 heterocycles. The van der Waals surface area contributed by atoms with Gasteiger partial charge in [-0.15, -0.1) is 0 Å². The smallest absolute Gasteiger partial charge is 0.238 e. The van der Waals surface area contributed by atoms with Gasteiger partial charge in [-0.25, -0.2) is 0 Å². The highest BCUT2D eigenvalue weighted by molar-refractivity contribution is 5.93. The Morgan fingerprint density at radius 2 is 2.17 bits per heavy atom. The minimum atomic E-state index is -0.340. The van der Waals surface area contributed by atoms with Crippen molar-refractivity contribution in [3.63, 3.8) is 0 Å². The number of anilines is 1. The minimum Gasteiger partial charge on any atom is -0.392 e. The zero-order valence-electron chi connectivity index (χ0n) is 14.6. The molecule has 1 aliphatic heterocycles. The number of nitrogens with one attached hydrogen (secondary N) is 1. The Morgan fingerprint density at radius 3 is 2.87 bits per heavy atom. The Kier molecular flexibility index (Phi) is 6.60. The van der Waals surface area contributed by atoms with E-state index >= 15 is 0 Å². The molecule has 1 amide bonds. The maximum absolute atomic E-state index is 12.5. The van der Waals surface area contributed by atoms with Gasteiger partial charge in [0.25, 0.3) is 0 Å². The molecule has 2 unspecified atom stereocenters. The van der Waals surface area contributed by atoms with Gasteiger partial charge in [-0.3, -0.25) is 9.69 Å². The molecule has 1 aromatic carbocycles. The van der Waals surface area contributed by atoms with E-state index in [0.717, 1.165) is 49.9 Å². The lowest BCUT2D eigenvalue weighted by Gasteiger charge is -2.37. The monoisotopic (exact) mass is 318 g/mol. The summed E-state index contributed by atoms with van der Waals surface area (Å²) < 4.78 is 0. The number of hydrogen-bond acceptors (Lipinski definition) is 3. The number of hydrogen-bond donors (Lipinski definition) is 2. The Balaban J connectivity index is 2.04. The molecule has 128 valence electrons. The van der Waals surface area contributed by atoms with Gasteiger partial charge in [0.1, 0.15) is 0 Å². The van der Waals surface area contributed by atoms with Gasteiger partial charge in [-0.2, -0.15) is 0 Å². The number of carbonyl (C=O) groups excluding carboxylic acids is 1. The zero-order valence-corrected chi connectivity index (χ0v) is 14.6. The van der Waals surface area contributed by atoms with Crippen LogP contribution in [-0.2, 0) is 11.2 Å². The maximum Gasteiger partial charge on any atom is 0.238 e. The van der Waals surface area contributed by atoms with E-state index in [-0.39, 0.29) is 18.1 Å². The normalized spacial score (nSPS) is 20.3. The maximum atomic E-state index is 12.5. The first kappa shape index (κ1) is 18.0. The molecule has 4 heteroatoms. The summed E-state index contributed by atoms with van der Waals surface area (Å²) in [7, 11) is 0. The van der Waals surface area contributed by atoms with E-state index in [1.54, 1.807) is 0 Å². The predicted octanol–water partition coefficient (Wildman–Crippen LogP) is 3.12. The van der Waals surface area contributed by atoms with Crippen molar-refractivity contribution in [3.05, 3.63) is 29.3 Å². The number of benzene rings is 1. The van der Waals surface area contributed by atoms with Crippen molar-refractivity contribution in [1.29, 1.82) is 0 Å². The van der Waals surface area contributed by atoms with Crippen molar-refractivity contribution in [3.8, 4) is 0 Å². The van der Waals surface area contributed by atoms with Crippen LogP contribution >= 0.6 is 0 Å². The molecule has 4 nitrogen and oxygen atoms in total. The number of nitrogens with zero attached hydrogens (tertiary/aromatic N) is 1. The highest BCUT2D eigenvalue weighted by Gasteiger charge is 2.29. The van der Waals surface area contributed by atoms with Crippen molar-refractivity contribution in [2.45, 2.75) is 65.0 Å². The Bertz CT molecular complexity index is 530. The molecule has 2 N–H and O–H groups in total. The Hall–Kier alpha value is -1.39. The number of para-hydroxylation sites is 1. The number of aliphatic hydroxyl groups excluding tert-OH is 1. The average molecular weight is 318 g/mol. The number of likely N-dealkylation sites (tertiary alicyclic amines) is 1. The average Bonchev–Trinajstić information content (AvgIpc) is 2.56. The summed E-state index contributed by atoms with van der Waals surface area (Å²) in [6.07, 6.45) is 4.52. The van der Waals surface area contributed by atoms with E-state index in [2.05, 4.69) is 23.2 Å². The fourth-order valence-electron chi connectivity index (χ4n) is 3.49. The van der Waals surface area contributed by atoms with Gasteiger partial charge in [0, 0.05) is 11.7 Å². The van der Waals surface area contributed by atoms with E-state index in [0.29, 0.717) is 6.54 Å². The summed E-state index contributed by atoms with van der Waals surface area (Å²) in [5, 5.41) is 13.3. The molecule has 2 atom stereocenters. The largest absolute Gasteiger partial charge is 0.392 e. The quantitative estimate of drug-likeness (QED) is 0.847. The van der Waals surface area contributed by atoms with Gasteiger partial charge in [0.05, 0.1) is 12.6 Å². The number of carbonyl (C=O) groups is 1. The predicted molar refractivity (Wildman–Crippen MR) is 94.7 cm³/mol. The molecule has 0 radical (unpaired) electrons. The van der Waals surface area contributed by atoms with Crippen LogP contribution in [0.15, 0.2) is 18.2 Å². The van der Waals surface area contributed by atoms with E-state index in [9.17, 15) is 9.90 Å². The fraction of sp³-hybridized carbons (Fsp3) is 0.632. The van der Waals surface area contributed by atoms with Crippen molar-refractivity contribution in [1.82, 2.24) is 4.90 Å². The molecular formula is C19H30N2O2. The number of aryl methyl sites for hydroxylation is 2. The SMILES string of the molecule is CCc1cccc(C)c1NC(=O)CN1CCCCC1C(O)CC. The van der Waals surface area contributed by atoms with Crippen molar-refractivity contribution < 1.29 is 9.90 Å². The highest BCUT2D eigenvalue weighted by atomic mass is 16.3. The Labute approximate surface area is 139 Å².